The number of nitrogens with one attached hydrogen (secondary N) is 1. The van der Waals surface area contributed by atoms with Gasteiger partial charge in [0.25, 0.3) is 5.91 Å². The number of para-hydroxylation sites is 2. The topological polar surface area (TPSA) is 73.2 Å². The highest BCUT2D eigenvalue weighted by molar-refractivity contribution is 5.94. The molecule has 1 aromatic heterocycles. The largest absolute Gasteiger partial charge is 0.461 e. The molecule has 0 radical (unpaired) electrons. The van der Waals surface area contributed by atoms with Gasteiger partial charge in [-0.05, 0) is 42.8 Å². The molecule has 1 N–H and O–H groups in total. The molecule has 138 valence electrons. The van der Waals surface area contributed by atoms with Gasteiger partial charge < -0.3 is 14.6 Å². The van der Waals surface area contributed by atoms with Crippen molar-refractivity contribution in [2.24, 2.45) is 0 Å². The lowest BCUT2D eigenvalue weighted by Gasteiger charge is -2.07. The number of benzene rings is 2. The molecule has 3 aromatic rings. The summed E-state index contributed by atoms with van der Waals surface area (Å²) in [5, 5.41) is 2.56. The first kappa shape index (κ1) is 18.4. The van der Waals surface area contributed by atoms with Gasteiger partial charge in [-0.1, -0.05) is 24.3 Å². The SMILES string of the molecule is CNC(=O)c1ccc(/C=C/C(=O)OCCn2c(C)nc3ccccc32)cc1. The highest BCUT2D eigenvalue weighted by atomic mass is 16.5. The molecule has 1 heterocycles. The van der Waals surface area contributed by atoms with Crippen molar-refractivity contribution in [3.63, 3.8) is 0 Å². The molecular weight excluding hydrogens is 342 g/mol. The van der Waals surface area contributed by atoms with E-state index in [0.717, 1.165) is 22.4 Å². The number of imidazole rings is 1. The number of hydrogen-bond acceptors (Lipinski definition) is 4. The van der Waals surface area contributed by atoms with Gasteiger partial charge in [-0.2, -0.15) is 0 Å². The molecule has 2 aromatic carbocycles. The molecule has 0 spiro atoms. The second kappa shape index (κ2) is 8.31. The number of aromatic nitrogens is 2. The number of esters is 1. The molecule has 0 saturated heterocycles. The minimum atomic E-state index is -0.410. The maximum atomic E-state index is 11.9. The number of nitrogens with zero attached hydrogens (tertiary/aromatic N) is 2. The highest BCUT2D eigenvalue weighted by Gasteiger charge is 2.07. The molecule has 3 rings (SSSR count). The summed E-state index contributed by atoms with van der Waals surface area (Å²) in [6.45, 7) is 2.75. The van der Waals surface area contributed by atoms with E-state index in [1.165, 1.54) is 6.08 Å². The lowest BCUT2D eigenvalue weighted by molar-refractivity contribution is -0.137. The number of carbonyl (C=O) groups excluding carboxylic acids is 2. The van der Waals surface area contributed by atoms with E-state index < -0.39 is 5.97 Å². The zero-order chi connectivity index (χ0) is 19.2. The van der Waals surface area contributed by atoms with Crippen LogP contribution in [0.15, 0.2) is 54.6 Å². The summed E-state index contributed by atoms with van der Waals surface area (Å²) in [7, 11) is 1.58. The molecule has 0 fully saturated rings. The van der Waals surface area contributed by atoms with Crippen molar-refractivity contribution < 1.29 is 14.3 Å². The van der Waals surface area contributed by atoms with Gasteiger partial charge in [-0.15, -0.1) is 0 Å². The maximum Gasteiger partial charge on any atom is 0.330 e. The molecule has 0 unspecified atom stereocenters. The third kappa shape index (κ3) is 4.41. The van der Waals surface area contributed by atoms with Gasteiger partial charge in [0.1, 0.15) is 12.4 Å². The second-order valence-electron chi connectivity index (χ2n) is 6.00. The summed E-state index contributed by atoms with van der Waals surface area (Å²) in [5.74, 6) is 0.332. The first-order valence-electron chi connectivity index (χ1n) is 8.67. The lowest BCUT2D eigenvalue weighted by atomic mass is 10.1. The molecule has 0 atom stereocenters. The van der Waals surface area contributed by atoms with E-state index >= 15 is 0 Å². The fourth-order valence-corrected chi connectivity index (χ4v) is 2.82. The van der Waals surface area contributed by atoms with Crippen LogP contribution < -0.4 is 5.32 Å². The molecule has 0 saturated carbocycles. The fraction of sp³-hybridized carbons (Fsp3) is 0.190. The van der Waals surface area contributed by atoms with E-state index in [1.807, 2.05) is 35.8 Å². The predicted molar refractivity (Wildman–Crippen MR) is 104 cm³/mol. The Bertz CT molecular complexity index is 988. The van der Waals surface area contributed by atoms with Crippen molar-refractivity contribution in [3.8, 4) is 0 Å². The van der Waals surface area contributed by atoms with Crippen LogP contribution in [0.3, 0.4) is 0 Å². The Kier molecular flexibility index (Phi) is 5.66. The van der Waals surface area contributed by atoms with Gasteiger partial charge >= 0.3 is 5.97 Å². The van der Waals surface area contributed by atoms with Crippen molar-refractivity contribution in [1.29, 1.82) is 0 Å². The van der Waals surface area contributed by atoms with Crippen molar-refractivity contribution in [3.05, 3.63) is 71.6 Å². The minimum absolute atomic E-state index is 0.146. The third-order valence-electron chi connectivity index (χ3n) is 4.22. The number of rotatable bonds is 6. The predicted octanol–water partition coefficient (Wildman–Crippen LogP) is 2.96. The molecule has 1 amide bonds. The van der Waals surface area contributed by atoms with Gasteiger partial charge in [0.05, 0.1) is 17.6 Å². The minimum Gasteiger partial charge on any atom is -0.461 e. The molecule has 6 nitrogen and oxygen atoms in total. The Morgan fingerprint density at radius 1 is 1.15 bits per heavy atom. The lowest BCUT2D eigenvalue weighted by Crippen LogP contribution is -2.17. The average Bonchev–Trinajstić information content (AvgIpc) is 3.01. The van der Waals surface area contributed by atoms with Crippen molar-refractivity contribution in [2.45, 2.75) is 13.5 Å². The third-order valence-corrected chi connectivity index (χ3v) is 4.22. The molecule has 0 aliphatic rings. The Morgan fingerprint density at radius 2 is 1.89 bits per heavy atom. The number of fused-ring (bicyclic) bond motifs is 1. The number of ether oxygens (including phenoxy) is 1. The maximum absolute atomic E-state index is 11.9. The van der Waals surface area contributed by atoms with E-state index in [0.29, 0.717) is 12.1 Å². The Balaban J connectivity index is 1.54. The van der Waals surface area contributed by atoms with Crippen LogP contribution in [0.5, 0.6) is 0 Å². The number of carbonyl (C=O) groups is 2. The normalized spacial score (nSPS) is 11.0. The monoisotopic (exact) mass is 363 g/mol. The summed E-state index contributed by atoms with van der Waals surface area (Å²) >= 11 is 0. The molecule has 0 aliphatic heterocycles. The molecular formula is C21H21N3O3. The van der Waals surface area contributed by atoms with Crippen LogP contribution in [0.25, 0.3) is 17.1 Å². The van der Waals surface area contributed by atoms with E-state index in [4.69, 9.17) is 4.74 Å². The summed E-state index contributed by atoms with van der Waals surface area (Å²) in [6, 6.07) is 14.8. The molecule has 0 aliphatic carbocycles. The zero-order valence-electron chi connectivity index (χ0n) is 15.3. The van der Waals surface area contributed by atoms with Crippen molar-refractivity contribution >= 4 is 29.0 Å². The summed E-state index contributed by atoms with van der Waals surface area (Å²) in [4.78, 5) is 27.9. The van der Waals surface area contributed by atoms with Crippen LogP contribution in [0.4, 0.5) is 0 Å². The number of hydrogen-bond donors (Lipinski definition) is 1. The summed E-state index contributed by atoms with van der Waals surface area (Å²) in [6.07, 6.45) is 3.04. The zero-order valence-corrected chi connectivity index (χ0v) is 15.3. The van der Waals surface area contributed by atoms with Crippen LogP contribution >= 0.6 is 0 Å². The van der Waals surface area contributed by atoms with Crippen LogP contribution in [0.2, 0.25) is 0 Å². The number of aryl methyl sites for hydroxylation is 1. The Morgan fingerprint density at radius 3 is 2.63 bits per heavy atom. The quantitative estimate of drug-likeness (QED) is 0.540. The molecule has 0 bridgehead atoms. The highest BCUT2D eigenvalue weighted by Crippen LogP contribution is 2.15. The van der Waals surface area contributed by atoms with E-state index in [1.54, 1.807) is 37.4 Å². The Labute approximate surface area is 157 Å². The van der Waals surface area contributed by atoms with Crippen LogP contribution in [0, 0.1) is 6.92 Å². The van der Waals surface area contributed by atoms with Crippen LogP contribution in [-0.4, -0.2) is 35.1 Å². The van der Waals surface area contributed by atoms with Gasteiger partial charge in [-0.25, -0.2) is 9.78 Å². The first-order valence-corrected chi connectivity index (χ1v) is 8.67. The second-order valence-corrected chi connectivity index (χ2v) is 6.00. The van der Waals surface area contributed by atoms with E-state index in [2.05, 4.69) is 10.3 Å². The number of amides is 1. The van der Waals surface area contributed by atoms with Crippen LogP contribution in [0.1, 0.15) is 21.7 Å². The Hall–Kier alpha value is -3.41. The van der Waals surface area contributed by atoms with E-state index in [-0.39, 0.29) is 12.5 Å². The summed E-state index contributed by atoms with van der Waals surface area (Å²) < 4.78 is 7.31. The van der Waals surface area contributed by atoms with Crippen molar-refractivity contribution in [1.82, 2.24) is 14.9 Å². The smallest absolute Gasteiger partial charge is 0.330 e. The molecule has 6 heteroatoms. The van der Waals surface area contributed by atoms with Crippen molar-refractivity contribution in [2.75, 3.05) is 13.7 Å². The van der Waals surface area contributed by atoms with Gasteiger partial charge in [0.2, 0.25) is 0 Å². The molecule has 27 heavy (non-hydrogen) atoms. The first-order chi connectivity index (χ1) is 13.1. The average molecular weight is 363 g/mol. The fourth-order valence-electron chi connectivity index (χ4n) is 2.82. The van der Waals surface area contributed by atoms with Gasteiger partial charge in [0, 0.05) is 18.7 Å². The van der Waals surface area contributed by atoms with Gasteiger partial charge in [0.15, 0.2) is 0 Å². The van der Waals surface area contributed by atoms with Gasteiger partial charge in [-0.3, -0.25) is 4.79 Å². The summed E-state index contributed by atoms with van der Waals surface area (Å²) in [5.41, 5.74) is 3.34. The van der Waals surface area contributed by atoms with Crippen LogP contribution in [-0.2, 0) is 16.1 Å². The standard InChI is InChI=1S/C21H21N3O3/c1-15-23-18-5-3-4-6-19(18)24(15)13-14-27-20(25)12-9-16-7-10-17(11-8-16)21(26)22-2/h3-12H,13-14H2,1-2H3,(H,22,26)/b12-9+. The van der Waals surface area contributed by atoms with E-state index in [9.17, 15) is 9.59 Å².